The van der Waals surface area contributed by atoms with E-state index in [4.69, 9.17) is 9.31 Å². The highest BCUT2D eigenvalue weighted by atomic mass is 32.2. The molecule has 4 rings (SSSR count). The van der Waals surface area contributed by atoms with Crippen LogP contribution in [0.4, 0.5) is 10.5 Å². The van der Waals surface area contributed by atoms with Crippen molar-refractivity contribution in [2.24, 2.45) is 10.3 Å². The first-order valence-electron chi connectivity index (χ1n) is 12.4. The average Bonchev–Trinajstić information content (AvgIpc) is 3.37. The van der Waals surface area contributed by atoms with Crippen LogP contribution in [0.5, 0.6) is 0 Å². The van der Waals surface area contributed by atoms with Gasteiger partial charge in [0.15, 0.2) is 0 Å². The molecule has 1 aromatic carbocycles. The van der Waals surface area contributed by atoms with Crippen LogP contribution in [-0.2, 0) is 28.9 Å². The fourth-order valence-electron chi connectivity index (χ4n) is 4.67. The maximum absolute atomic E-state index is 13.4. The molecular weight excluding hydrogens is 499 g/mol. The number of benzene rings is 1. The first-order chi connectivity index (χ1) is 17.2. The minimum atomic E-state index is -4.01. The van der Waals surface area contributed by atoms with Crippen molar-refractivity contribution in [3.05, 3.63) is 18.2 Å². The molecule has 0 bridgehead atoms. The molecule has 0 radical (unpaired) electrons. The lowest BCUT2D eigenvalue weighted by molar-refractivity contribution is -0.134. The van der Waals surface area contributed by atoms with Gasteiger partial charge in [0.05, 0.1) is 30.0 Å². The maximum Gasteiger partial charge on any atom is 0.494 e. The first-order valence-corrected chi connectivity index (χ1v) is 13.9. The zero-order valence-corrected chi connectivity index (χ0v) is 23.1. The number of fused-ring (bicyclic) bond motifs is 1. The average molecular weight is 534 g/mol. The highest BCUT2D eigenvalue weighted by Crippen LogP contribution is 2.37. The molecule has 202 valence electrons. The van der Waals surface area contributed by atoms with Gasteiger partial charge in [0, 0.05) is 6.54 Å². The van der Waals surface area contributed by atoms with Crippen molar-refractivity contribution in [1.29, 1.82) is 0 Å². The van der Waals surface area contributed by atoms with Gasteiger partial charge < -0.3 is 29.6 Å². The summed E-state index contributed by atoms with van der Waals surface area (Å²) < 4.78 is 47.2. The molecule has 2 atom stereocenters. The molecule has 0 aliphatic carbocycles. The summed E-state index contributed by atoms with van der Waals surface area (Å²) in [7, 11) is -3.44. The largest absolute Gasteiger partial charge is 0.494 e. The van der Waals surface area contributed by atoms with Gasteiger partial charge in [-0.25, -0.2) is 4.79 Å². The third-order valence-corrected chi connectivity index (χ3v) is 8.88. The Kier molecular flexibility index (Phi) is 7.10. The molecule has 13 heteroatoms. The minimum Gasteiger partial charge on any atom is -0.453 e. The Balaban J connectivity index is 1.61. The van der Waals surface area contributed by atoms with Gasteiger partial charge in [-0.1, -0.05) is 19.9 Å². The number of carbonyl (C=O) groups excluding carboxylic acids is 2. The summed E-state index contributed by atoms with van der Waals surface area (Å²) in [5.41, 5.74) is -0.0713. The fraction of sp³-hybridized carbons (Fsp3) is 0.625. The number of hydrogen-bond acceptors (Lipinski definition) is 8. The third kappa shape index (κ3) is 5.08. The van der Waals surface area contributed by atoms with Gasteiger partial charge >= 0.3 is 13.2 Å². The normalized spacial score (nSPS) is 24.2. The lowest BCUT2D eigenvalue weighted by Gasteiger charge is -2.32. The van der Waals surface area contributed by atoms with Crippen LogP contribution in [0.15, 0.2) is 27.5 Å². The number of methoxy groups -OCH3 is 1. The van der Waals surface area contributed by atoms with E-state index < -0.39 is 46.5 Å². The Morgan fingerprint density at radius 1 is 1.22 bits per heavy atom. The van der Waals surface area contributed by atoms with E-state index in [2.05, 4.69) is 19.8 Å². The Morgan fingerprint density at radius 2 is 1.86 bits per heavy atom. The lowest BCUT2D eigenvalue weighted by Crippen LogP contribution is -2.54. The van der Waals surface area contributed by atoms with Gasteiger partial charge in [0.1, 0.15) is 16.8 Å². The number of sulfonamides is 1. The molecule has 0 saturated carbocycles. The van der Waals surface area contributed by atoms with Crippen LogP contribution in [0.3, 0.4) is 0 Å². The van der Waals surface area contributed by atoms with Crippen LogP contribution >= 0.6 is 0 Å². The number of amides is 2. The molecule has 37 heavy (non-hydrogen) atoms. The number of amidine groups is 1. The van der Waals surface area contributed by atoms with Gasteiger partial charge in [0.25, 0.3) is 10.0 Å². The standard InChI is InChI=1S/C24H35BN4O7S/c1-14(2)19(27-22(31)34-7)21(30)29-12-8-9-17(29)20-26-16-13-15(10-11-18(16)37(32,33)28-20)25-35-23(3,4)24(5,6)36-25/h10-11,13-14,17,19H,8-9,12H2,1-7H3,(H,26,28)(H,27,31)/t17-,19-/m0/s1. The number of alkyl carbamates (subject to hydrolysis) is 1. The lowest BCUT2D eigenvalue weighted by atomic mass is 9.79. The summed E-state index contributed by atoms with van der Waals surface area (Å²) in [6, 6.07) is 3.44. The summed E-state index contributed by atoms with van der Waals surface area (Å²) in [6.07, 6.45) is 0.492. The molecule has 3 aliphatic rings. The van der Waals surface area contributed by atoms with Crippen molar-refractivity contribution in [2.45, 2.75) is 82.6 Å². The Labute approximate surface area is 218 Å². The van der Waals surface area contributed by atoms with Crippen molar-refractivity contribution < 1.29 is 32.1 Å². The molecule has 2 fully saturated rings. The minimum absolute atomic E-state index is 0.0415. The van der Waals surface area contributed by atoms with E-state index in [1.807, 2.05) is 41.5 Å². The number of likely N-dealkylation sites (tertiary alicyclic amines) is 1. The molecule has 11 nitrogen and oxygen atoms in total. The smallest absolute Gasteiger partial charge is 0.453 e. The van der Waals surface area contributed by atoms with Crippen LogP contribution in [-0.4, -0.2) is 75.2 Å². The second-order valence-electron chi connectivity index (χ2n) is 11.0. The molecule has 2 N–H and O–H groups in total. The molecule has 3 heterocycles. The quantitative estimate of drug-likeness (QED) is 0.547. The van der Waals surface area contributed by atoms with Gasteiger partial charge in [-0.2, -0.15) is 8.42 Å². The summed E-state index contributed by atoms with van der Waals surface area (Å²) in [4.78, 5) is 26.9. The van der Waals surface area contributed by atoms with Crippen LogP contribution in [0, 0.1) is 5.92 Å². The molecular formula is C24H35BN4O7S. The van der Waals surface area contributed by atoms with Gasteiger partial charge in [-0.05, 0) is 64.1 Å². The summed E-state index contributed by atoms with van der Waals surface area (Å²) >= 11 is 0. The summed E-state index contributed by atoms with van der Waals surface area (Å²) in [6.45, 7) is 11.8. The van der Waals surface area contributed by atoms with Gasteiger partial charge in [-0.15, -0.1) is 4.40 Å². The fourth-order valence-corrected chi connectivity index (χ4v) is 5.82. The van der Waals surface area contributed by atoms with E-state index in [0.29, 0.717) is 30.5 Å². The molecule has 0 spiro atoms. The van der Waals surface area contributed by atoms with Crippen LogP contribution < -0.4 is 16.1 Å². The van der Waals surface area contributed by atoms with E-state index in [1.54, 1.807) is 17.0 Å². The molecule has 1 aromatic rings. The summed E-state index contributed by atoms with van der Waals surface area (Å²) in [5, 5.41) is 5.75. The number of carbonyl (C=O) groups is 2. The second kappa shape index (κ2) is 9.59. The Morgan fingerprint density at radius 3 is 2.46 bits per heavy atom. The SMILES string of the molecule is COC(=O)N[C@H](C(=O)N1CCC[C@H]1C1=NS(=O)(=O)c2ccc(B3OC(C)(C)C(C)(C)O3)cc2N1)C(C)C. The highest BCUT2D eigenvalue weighted by molar-refractivity contribution is 7.90. The first kappa shape index (κ1) is 27.4. The topological polar surface area (TPSA) is 136 Å². The van der Waals surface area contributed by atoms with Crippen molar-refractivity contribution in [3.8, 4) is 0 Å². The summed E-state index contributed by atoms with van der Waals surface area (Å²) in [5.74, 6) is -0.354. The van der Waals surface area contributed by atoms with Crippen molar-refractivity contribution in [2.75, 3.05) is 19.0 Å². The molecule has 3 aliphatic heterocycles. The third-order valence-electron chi connectivity index (χ3n) is 7.53. The van der Waals surface area contributed by atoms with Crippen molar-refractivity contribution in [1.82, 2.24) is 10.2 Å². The van der Waals surface area contributed by atoms with Crippen molar-refractivity contribution in [3.63, 3.8) is 0 Å². The van der Waals surface area contributed by atoms with Crippen LogP contribution in [0.1, 0.15) is 54.4 Å². The number of hydrogen-bond donors (Lipinski definition) is 2. The molecule has 0 aromatic heterocycles. The maximum atomic E-state index is 13.4. The van der Waals surface area contributed by atoms with E-state index in [9.17, 15) is 18.0 Å². The van der Waals surface area contributed by atoms with Gasteiger partial charge in [0.2, 0.25) is 5.91 Å². The predicted molar refractivity (Wildman–Crippen MR) is 139 cm³/mol. The van der Waals surface area contributed by atoms with Gasteiger partial charge in [-0.3, -0.25) is 4.79 Å². The second-order valence-corrected chi connectivity index (χ2v) is 12.5. The van der Waals surface area contributed by atoms with E-state index >= 15 is 0 Å². The zero-order valence-electron chi connectivity index (χ0n) is 22.3. The number of ether oxygens (including phenoxy) is 1. The molecule has 2 saturated heterocycles. The predicted octanol–water partition coefficient (Wildman–Crippen LogP) is 1.87. The van der Waals surface area contributed by atoms with E-state index in [1.165, 1.54) is 13.2 Å². The van der Waals surface area contributed by atoms with E-state index in [-0.39, 0.29) is 22.6 Å². The number of nitrogens with one attached hydrogen (secondary N) is 2. The molecule has 2 amide bonds. The number of anilines is 1. The number of nitrogens with zero attached hydrogens (tertiary/aromatic N) is 2. The molecule has 0 unspecified atom stereocenters. The number of rotatable bonds is 5. The van der Waals surface area contributed by atoms with E-state index in [0.717, 1.165) is 0 Å². The van der Waals surface area contributed by atoms with Crippen LogP contribution in [0.2, 0.25) is 0 Å². The monoisotopic (exact) mass is 534 g/mol. The Hall–Kier alpha value is -2.64. The zero-order chi connectivity index (χ0) is 27.3. The van der Waals surface area contributed by atoms with Crippen molar-refractivity contribution >= 4 is 46.1 Å². The Bertz CT molecular complexity index is 1220. The highest BCUT2D eigenvalue weighted by Gasteiger charge is 2.52. The van der Waals surface area contributed by atoms with Crippen LogP contribution in [0.25, 0.3) is 0 Å².